The fourth-order valence-corrected chi connectivity index (χ4v) is 2.49. The molecule has 0 aromatic heterocycles. The number of hydrogen-bond donors (Lipinski definition) is 0. The number of hydrogen-bond acceptors (Lipinski definition) is 6. The molecule has 0 radical (unpaired) electrons. The van der Waals surface area contributed by atoms with Gasteiger partial charge in [-0.1, -0.05) is 32.9 Å². The Morgan fingerprint density at radius 3 is 2.23 bits per heavy atom. The summed E-state index contributed by atoms with van der Waals surface area (Å²) in [6.45, 7) is 9.03. The Kier molecular flexibility index (Phi) is 6.42. The van der Waals surface area contributed by atoms with E-state index in [0.717, 1.165) is 0 Å². The summed E-state index contributed by atoms with van der Waals surface area (Å²) < 4.78 is 21.8. The number of benzene rings is 1. The van der Waals surface area contributed by atoms with Crippen molar-refractivity contribution >= 4 is 11.9 Å². The highest BCUT2D eigenvalue weighted by Crippen LogP contribution is 2.26. The van der Waals surface area contributed by atoms with Gasteiger partial charge in [0.15, 0.2) is 0 Å². The first-order valence-electron chi connectivity index (χ1n) is 8.57. The molecule has 0 fully saturated rings. The Labute approximate surface area is 154 Å². The number of carbonyl (C=O) groups excluding carboxylic acids is 2. The van der Waals surface area contributed by atoms with Crippen LogP contribution in [0.15, 0.2) is 36.4 Å². The fraction of sp³-hybridized carbons (Fsp3) is 0.500. The quantitative estimate of drug-likeness (QED) is 0.592. The lowest BCUT2D eigenvalue weighted by atomic mass is 9.87. The second kappa shape index (κ2) is 8.36. The molecule has 0 N–H and O–H groups in total. The zero-order valence-corrected chi connectivity index (χ0v) is 15.9. The molecule has 1 aromatic rings. The Morgan fingerprint density at radius 1 is 1.04 bits per heavy atom. The molecule has 0 saturated heterocycles. The molecule has 0 unspecified atom stereocenters. The van der Waals surface area contributed by atoms with Crippen molar-refractivity contribution in [2.75, 3.05) is 6.61 Å². The van der Waals surface area contributed by atoms with E-state index in [1.54, 1.807) is 12.2 Å². The first kappa shape index (κ1) is 20.0. The molecule has 3 atom stereocenters. The van der Waals surface area contributed by atoms with Crippen LogP contribution in [0.5, 0.6) is 5.75 Å². The van der Waals surface area contributed by atoms with Gasteiger partial charge in [0, 0.05) is 13.8 Å². The van der Waals surface area contributed by atoms with Gasteiger partial charge in [0.25, 0.3) is 0 Å². The van der Waals surface area contributed by atoms with E-state index in [-0.39, 0.29) is 12.0 Å². The third kappa shape index (κ3) is 5.88. The summed E-state index contributed by atoms with van der Waals surface area (Å²) in [4.78, 5) is 22.3. The summed E-state index contributed by atoms with van der Waals surface area (Å²) in [5, 5.41) is 0. The van der Waals surface area contributed by atoms with E-state index in [0.29, 0.717) is 5.75 Å². The van der Waals surface area contributed by atoms with Gasteiger partial charge in [-0.15, -0.1) is 0 Å². The van der Waals surface area contributed by atoms with Crippen LogP contribution in [-0.4, -0.2) is 37.0 Å². The van der Waals surface area contributed by atoms with Crippen molar-refractivity contribution in [3.05, 3.63) is 42.0 Å². The molecule has 0 spiro atoms. The van der Waals surface area contributed by atoms with E-state index in [2.05, 4.69) is 20.8 Å². The van der Waals surface area contributed by atoms with Crippen LogP contribution in [0.4, 0.5) is 0 Å². The number of ether oxygens (including phenoxy) is 4. The molecular weight excluding hydrogens is 336 g/mol. The first-order chi connectivity index (χ1) is 12.1. The molecule has 0 aliphatic carbocycles. The molecule has 142 valence electrons. The molecule has 0 saturated carbocycles. The van der Waals surface area contributed by atoms with Crippen LogP contribution in [0.25, 0.3) is 0 Å². The molecule has 1 aliphatic heterocycles. The van der Waals surface area contributed by atoms with Crippen molar-refractivity contribution in [1.82, 2.24) is 0 Å². The van der Waals surface area contributed by atoms with Crippen molar-refractivity contribution in [2.24, 2.45) is 0 Å². The molecule has 6 nitrogen and oxygen atoms in total. The molecule has 2 rings (SSSR count). The van der Waals surface area contributed by atoms with Gasteiger partial charge in [0.05, 0.1) is 0 Å². The Morgan fingerprint density at radius 2 is 1.69 bits per heavy atom. The SMILES string of the molecule is CC(=O)OC[C@H]1O[C@H](Oc2ccc(C(C)(C)C)cc2)C=C[C@@H]1OC(C)=O. The maximum absolute atomic E-state index is 11.2. The van der Waals surface area contributed by atoms with Crippen molar-refractivity contribution in [2.45, 2.75) is 58.5 Å². The fourth-order valence-electron chi connectivity index (χ4n) is 2.49. The molecular formula is C20H26O6. The lowest BCUT2D eigenvalue weighted by molar-refractivity contribution is -0.178. The smallest absolute Gasteiger partial charge is 0.303 e. The van der Waals surface area contributed by atoms with E-state index >= 15 is 0 Å². The summed E-state index contributed by atoms with van der Waals surface area (Å²) in [7, 11) is 0. The normalized spacial score (nSPS) is 22.6. The first-order valence-corrected chi connectivity index (χ1v) is 8.57. The monoisotopic (exact) mass is 362 g/mol. The largest absolute Gasteiger partial charge is 0.463 e. The van der Waals surface area contributed by atoms with Crippen LogP contribution in [0.1, 0.15) is 40.2 Å². The summed E-state index contributed by atoms with van der Waals surface area (Å²) in [5.41, 5.74) is 1.26. The predicted molar refractivity (Wildman–Crippen MR) is 95.8 cm³/mol. The third-order valence-corrected chi connectivity index (χ3v) is 3.86. The highest BCUT2D eigenvalue weighted by atomic mass is 16.7. The Bertz CT molecular complexity index is 656. The molecule has 1 heterocycles. The van der Waals surface area contributed by atoms with Gasteiger partial charge in [0.1, 0.15) is 24.6 Å². The van der Waals surface area contributed by atoms with E-state index in [1.165, 1.54) is 19.4 Å². The second-order valence-corrected chi connectivity index (χ2v) is 7.20. The van der Waals surface area contributed by atoms with Crippen molar-refractivity contribution in [1.29, 1.82) is 0 Å². The average molecular weight is 362 g/mol. The van der Waals surface area contributed by atoms with Gasteiger partial charge in [-0.2, -0.15) is 0 Å². The van der Waals surface area contributed by atoms with Gasteiger partial charge in [-0.3, -0.25) is 9.59 Å². The Hall–Kier alpha value is -2.34. The second-order valence-electron chi connectivity index (χ2n) is 7.20. The van der Waals surface area contributed by atoms with Crippen molar-refractivity contribution < 1.29 is 28.5 Å². The van der Waals surface area contributed by atoms with Crippen molar-refractivity contribution in [3.63, 3.8) is 0 Å². The van der Waals surface area contributed by atoms with E-state index in [4.69, 9.17) is 18.9 Å². The standard InChI is InChI=1S/C20H26O6/c1-13(21)23-12-18-17(24-14(2)22)10-11-19(26-18)25-16-8-6-15(7-9-16)20(3,4)5/h6-11,17-19H,12H2,1-5H3/t17-,18+,19-/m0/s1. The summed E-state index contributed by atoms with van der Waals surface area (Å²) in [6.07, 6.45) is 1.44. The summed E-state index contributed by atoms with van der Waals surface area (Å²) in [6, 6.07) is 7.80. The lowest BCUT2D eigenvalue weighted by Crippen LogP contribution is -2.43. The van der Waals surface area contributed by atoms with Crippen LogP contribution in [0.3, 0.4) is 0 Å². The summed E-state index contributed by atoms with van der Waals surface area (Å²) >= 11 is 0. The van der Waals surface area contributed by atoms with Crippen LogP contribution in [0.2, 0.25) is 0 Å². The molecule has 0 amide bonds. The highest BCUT2D eigenvalue weighted by molar-refractivity contribution is 5.66. The zero-order chi connectivity index (χ0) is 19.3. The molecule has 1 aliphatic rings. The minimum atomic E-state index is -0.664. The Balaban J connectivity index is 2.05. The van der Waals surface area contributed by atoms with Gasteiger partial charge in [-0.05, 0) is 35.3 Å². The van der Waals surface area contributed by atoms with Crippen LogP contribution >= 0.6 is 0 Å². The molecule has 1 aromatic carbocycles. The average Bonchev–Trinajstić information content (AvgIpc) is 2.54. The van der Waals surface area contributed by atoms with E-state index in [9.17, 15) is 9.59 Å². The van der Waals surface area contributed by atoms with Crippen LogP contribution in [-0.2, 0) is 29.2 Å². The number of rotatable bonds is 5. The molecule has 6 heteroatoms. The number of carbonyl (C=O) groups is 2. The maximum atomic E-state index is 11.2. The van der Waals surface area contributed by atoms with Crippen molar-refractivity contribution in [3.8, 4) is 5.75 Å². The minimum Gasteiger partial charge on any atom is -0.463 e. The lowest BCUT2D eigenvalue weighted by Gasteiger charge is -2.31. The maximum Gasteiger partial charge on any atom is 0.303 e. The molecule has 26 heavy (non-hydrogen) atoms. The van der Waals surface area contributed by atoms with Crippen LogP contribution in [0, 0.1) is 0 Å². The topological polar surface area (TPSA) is 71.1 Å². The number of esters is 2. The minimum absolute atomic E-state index is 0.0273. The predicted octanol–water partition coefficient (Wildman–Crippen LogP) is 3.14. The van der Waals surface area contributed by atoms with E-state index < -0.39 is 30.4 Å². The third-order valence-electron chi connectivity index (χ3n) is 3.86. The van der Waals surface area contributed by atoms with Crippen LogP contribution < -0.4 is 4.74 Å². The van der Waals surface area contributed by atoms with E-state index in [1.807, 2.05) is 24.3 Å². The van der Waals surface area contributed by atoms with Gasteiger partial charge >= 0.3 is 11.9 Å². The van der Waals surface area contributed by atoms with Gasteiger partial charge in [0.2, 0.25) is 6.29 Å². The van der Waals surface area contributed by atoms with Gasteiger partial charge < -0.3 is 18.9 Å². The summed E-state index contributed by atoms with van der Waals surface area (Å²) in [5.74, 6) is -0.210. The zero-order valence-electron chi connectivity index (χ0n) is 15.9. The van der Waals surface area contributed by atoms with Gasteiger partial charge in [-0.25, -0.2) is 0 Å². The molecule has 0 bridgehead atoms. The highest BCUT2D eigenvalue weighted by Gasteiger charge is 2.31.